The third-order valence-electron chi connectivity index (χ3n) is 5.52. The summed E-state index contributed by atoms with van der Waals surface area (Å²) in [5.41, 5.74) is 3.04. The third kappa shape index (κ3) is 9.01. The number of aliphatic hydroxyl groups excluding tert-OH is 1. The van der Waals surface area contributed by atoms with Crippen molar-refractivity contribution in [1.82, 2.24) is 15.1 Å². The molecular weight excluding hydrogens is 618 g/mol. The van der Waals surface area contributed by atoms with Crippen molar-refractivity contribution >= 4 is 59.3 Å². The molecular formula is C22H40I2N6O. The third-order valence-corrected chi connectivity index (χ3v) is 5.52. The van der Waals surface area contributed by atoms with Crippen LogP contribution in [0.25, 0.3) is 0 Å². The number of hydrogen-bond donors (Lipinski definition) is 2. The zero-order valence-corrected chi connectivity index (χ0v) is 24.3. The van der Waals surface area contributed by atoms with Gasteiger partial charge in [0.25, 0.3) is 0 Å². The van der Waals surface area contributed by atoms with E-state index in [2.05, 4.69) is 60.3 Å². The summed E-state index contributed by atoms with van der Waals surface area (Å²) in [6.45, 7) is 10.6. The minimum absolute atomic E-state index is 0. The van der Waals surface area contributed by atoms with Crippen LogP contribution in [0.1, 0.15) is 39.2 Å². The molecule has 0 aromatic heterocycles. The lowest BCUT2D eigenvalue weighted by Crippen LogP contribution is -2.41. The van der Waals surface area contributed by atoms with E-state index in [4.69, 9.17) is 0 Å². The molecule has 0 fully saturated rings. The molecule has 0 aliphatic carbocycles. The fourth-order valence-electron chi connectivity index (χ4n) is 3.49. The molecule has 2 rings (SSSR count). The van der Waals surface area contributed by atoms with Gasteiger partial charge in [-0.15, -0.1) is 53.1 Å². The van der Waals surface area contributed by atoms with E-state index >= 15 is 0 Å². The number of likely N-dealkylation sites (N-methyl/N-ethyl adjacent to an activating group) is 1. The van der Waals surface area contributed by atoms with Gasteiger partial charge in [-0.1, -0.05) is 13.8 Å². The van der Waals surface area contributed by atoms with Crippen LogP contribution < -0.4 is 10.2 Å². The number of nitrogens with one attached hydrogen (secondary N) is 1. The number of benzene rings is 1. The first kappa shape index (κ1) is 30.3. The molecule has 0 saturated heterocycles. The molecule has 1 aromatic carbocycles. The highest BCUT2D eigenvalue weighted by molar-refractivity contribution is 14.0. The lowest BCUT2D eigenvalue weighted by Gasteiger charge is -2.27. The molecule has 0 amide bonds. The molecule has 0 radical (unpaired) electrons. The summed E-state index contributed by atoms with van der Waals surface area (Å²) in [5.74, 6) is 0. The van der Waals surface area contributed by atoms with E-state index in [1.165, 1.54) is 0 Å². The molecule has 1 atom stereocenters. The summed E-state index contributed by atoms with van der Waals surface area (Å²) >= 11 is 0. The molecule has 1 aliphatic heterocycles. The van der Waals surface area contributed by atoms with Gasteiger partial charge >= 0.3 is 0 Å². The smallest absolute Gasteiger partial charge is 0.217 e. The Bertz CT molecular complexity index is 687. The van der Waals surface area contributed by atoms with Gasteiger partial charge in [-0.3, -0.25) is 0 Å². The maximum atomic E-state index is 10.5. The van der Waals surface area contributed by atoms with Crippen LogP contribution in [0.2, 0.25) is 0 Å². The van der Waals surface area contributed by atoms with Gasteiger partial charge in [0.1, 0.15) is 0 Å². The van der Waals surface area contributed by atoms with Crippen molar-refractivity contribution < 1.29 is 5.11 Å². The normalized spacial score (nSPS) is 14.8. The number of rotatable bonds is 11. The second-order valence-electron chi connectivity index (χ2n) is 7.78. The lowest BCUT2D eigenvalue weighted by molar-refractivity contribution is 0.171. The first-order chi connectivity index (χ1) is 13.9. The van der Waals surface area contributed by atoms with Crippen LogP contribution in [0.3, 0.4) is 0 Å². The van der Waals surface area contributed by atoms with E-state index < -0.39 is 6.10 Å². The Morgan fingerprint density at radius 1 is 1.10 bits per heavy atom. The van der Waals surface area contributed by atoms with Crippen LogP contribution in [0, 0.1) is 6.92 Å². The molecule has 9 heteroatoms. The van der Waals surface area contributed by atoms with Crippen molar-refractivity contribution in [2.75, 3.05) is 38.6 Å². The molecule has 1 aromatic rings. The fourth-order valence-corrected chi connectivity index (χ4v) is 3.49. The molecule has 0 spiro atoms. The van der Waals surface area contributed by atoms with E-state index in [9.17, 15) is 5.11 Å². The number of nitrogens with zero attached hydrogens (tertiary/aromatic N) is 5. The SMILES string of the molecule is CCC(CC)NCC(O)CN(CC)c1ccc(/N=N/C2N(C)C=CN2C)c(C)c1.I.I. The van der Waals surface area contributed by atoms with Crippen LogP contribution >= 0.6 is 48.0 Å². The molecule has 1 aliphatic rings. The Balaban J connectivity index is 0.00000450. The van der Waals surface area contributed by atoms with Crippen molar-refractivity contribution in [3.8, 4) is 0 Å². The highest BCUT2D eigenvalue weighted by Crippen LogP contribution is 2.26. The van der Waals surface area contributed by atoms with Crippen LogP contribution in [0.5, 0.6) is 0 Å². The average Bonchev–Trinajstić information content (AvgIpc) is 3.03. The zero-order valence-electron chi connectivity index (χ0n) is 19.7. The van der Waals surface area contributed by atoms with Crippen molar-refractivity contribution in [3.63, 3.8) is 0 Å². The summed E-state index contributed by atoms with van der Waals surface area (Å²) in [6, 6.07) is 6.67. The maximum Gasteiger partial charge on any atom is 0.217 e. The Hall–Kier alpha value is -0.660. The van der Waals surface area contributed by atoms with Gasteiger partial charge in [0.2, 0.25) is 6.29 Å². The summed E-state index contributed by atoms with van der Waals surface area (Å²) < 4.78 is 0. The summed E-state index contributed by atoms with van der Waals surface area (Å²) in [5, 5.41) is 22.9. The Morgan fingerprint density at radius 2 is 1.71 bits per heavy atom. The molecule has 2 N–H and O–H groups in total. The van der Waals surface area contributed by atoms with Crippen molar-refractivity contribution in [2.24, 2.45) is 10.2 Å². The van der Waals surface area contributed by atoms with E-state index in [0.29, 0.717) is 19.1 Å². The Kier molecular flexibility index (Phi) is 14.9. The van der Waals surface area contributed by atoms with Crippen molar-refractivity contribution in [2.45, 2.75) is 59.0 Å². The number of halogens is 2. The summed E-state index contributed by atoms with van der Waals surface area (Å²) in [7, 11) is 3.98. The molecule has 7 nitrogen and oxygen atoms in total. The van der Waals surface area contributed by atoms with E-state index in [1.807, 2.05) is 42.4 Å². The van der Waals surface area contributed by atoms with E-state index in [1.54, 1.807) is 0 Å². The number of aryl methyl sites for hydroxylation is 1. The van der Waals surface area contributed by atoms with Gasteiger partial charge in [0, 0.05) is 57.9 Å². The standard InChI is InChI=1S/C22H38N6O.2HI/c1-7-18(8-2)23-15-20(29)16-28(9-3)19-10-11-21(17(4)14-19)24-25-22-26(5)12-13-27(22)6;;/h10-14,18,20,22-23,29H,7-9,15-16H2,1-6H3;2*1H/b25-24+;;. The fraction of sp³-hybridized carbons (Fsp3) is 0.636. The largest absolute Gasteiger partial charge is 0.390 e. The molecule has 178 valence electrons. The maximum absolute atomic E-state index is 10.5. The Morgan fingerprint density at radius 3 is 2.23 bits per heavy atom. The van der Waals surface area contributed by atoms with E-state index in [-0.39, 0.29) is 54.2 Å². The van der Waals surface area contributed by atoms with Gasteiger partial charge in [0.05, 0.1) is 11.8 Å². The van der Waals surface area contributed by atoms with Gasteiger partial charge < -0.3 is 25.1 Å². The number of hydrogen-bond acceptors (Lipinski definition) is 7. The van der Waals surface area contributed by atoms with Crippen molar-refractivity contribution in [1.29, 1.82) is 0 Å². The van der Waals surface area contributed by atoms with Crippen LogP contribution in [-0.4, -0.2) is 67.1 Å². The quantitative estimate of drug-likeness (QED) is 0.262. The van der Waals surface area contributed by atoms with E-state index in [0.717, 1.165) is 36.3 Å². The lowest BCUT2D eigenvalue weighted by atomic mass is 10.1. The van der Waals surface area contributed by atoms with Gasteiger partial charge in [-0.25, -0.2) is 0 Å². The minimum atomic E-state index is -0.406. The summed E-state index contributed by atoms with van der Waals surface area (Å²) in [4.78, 5) is 6.24. The predicted molar refractivity (Wildman–Crippen MR) is 151 cm³/mol. The number of azo groups is 1. The van der Waals surface area contributed by atoms with Crippen LogP contribution in [-0.2, 0) is 0 Å². The second kappa shape index (κ2) is 15.2. The average molecular weight is 658 g/mol. The van der Waals surface area contributed by atoms with Crippen LogP contribution in [0.15, 0.2) is 40.8 Å². The highest BCUT2D eigenvalue weighted by Gasteiger charge is 2.19. The van der Waals surface area contributed by atoms with Gasteiger partial charge in [0.15, 0.2) is 0 Å². The topological polar surface area (TPSA) is 66.7 Å². The van der Waals surface area contributed by atoms with Gasteiger partial charge in [-0.2, -0.15) is 5.11 Å². The molecule has 31 heavy (non-hydrogen) atoms. The summed E-state index contributed by atoms with van der Waals surface area (Å²) in [6.07, 6.45) is 5.64. The Labute approximate surface area is 222 Å². The zero-order chi connectivity index (χ0) is 21.4. The molecule has 1 heterocycles. The minimum Gasteiger partial charge on any atom is -0.390 e. The molecule has 1 unspecified atom stereocenters. The highest BCUT2D eigenvalue weighted by atomic mass is 127. The number of anilines is 1. The molecule has 0 saturated carbocycles. The van der Waals surface area contributed by atoms with Crippen molar-refractivity contribution in [3.05, 3.63) is 36.2 Å². The van der Waals surface area contributed by atoms with Gasteiger partial charge in [-0.05, 0) is 50.5 Å². The van der Waals surface area contributed by atoms with Crippen LogP contribution in [0.4, 0.5) is 11.4 Å². The first-order valence-corrected chi connectivity index (χ1v) is 10.7. The second-order valence-corrected chi connectivity index (χ2v) is 7.78. The number of aliphatic hydroxyl groups is 1. The first-order valence-electron chi connectivity index (χ1n) is 10.7. The predicted octanol–water partition coefficient (Wildman–Crippen LogP) is 4.91. The monoisotopic (exact) mass is 658 g/mol. The molecule has 0 bridgehead atoms.